The Morgan fingerprint density at radius 2 is 1.63 bits per heavy atom. The van der Waals surface area contributed by atoms with Gasteiger partial charge in [0.1, 0.15) is 5.75 Å². The lowest BCUT2D eigenvalue weighted by molar-refractivity contribution is -0.116. The van der Waals surface area contributed by atoms with Crippen molar-refractivity contribution in [1.29, 1.82) is 0 Å². The number of amides is 1. The van der Waals surface area contributed by atoms with Crippen molar-refractivity contribution in [2.75, 3.05) is 12.4 Å². The van der Waals surface area contributed by atoms with Crippen molar-refractivity contribution >= 4 is 11.6 Å². The van der Waals surface area contributed by atoms with Gasteiger partial charge in [-0.3, -0.25) is 9.78 Å². The molecular formula is C23H24N2O2. The van der Waals surface area contributed by atoms with Crippen molar-refractivity contribution in [2.24, 2.45) is 0 Å². The first kappa shape index (κ1) is 18.6. The topological polar surface area (TPSA) is 51.2 Å². The van der Waals surface area contributed by atoms with Gasteiger partial charge in [0.05, 0.1) is 7.11 Å². The van der Waals surface area contributed by atoms with Gasteiger partial charge >= 0.3 is 0 Å². The zero-order valence-electron chi connectivity index (χ0n) is 15.7. The number of nitrogens with one attached hydrogen (secondary N) is 1. The Labute approximate surface area is 160 Å². The van der Waals surface area contributed by atoms with Gasteiger partial charge in [-0.2, -0.15) is 0 Å². The van der Waals surface area contributed by atoms with Gasteiger partial charge in [0.25, 0.3) is 0 Å². The van der Waals surface area contributed by atoms with E-state index < -0.39 is 0 Å². The maximum absolute atomic E-state index is 12.2. The predicted molar refractivity (Wildman–Crippen MR) is 108 cm³/mol. The maximum atomic E-state index is 12.2. The van der Waals surface area contributed by atoms with Crippen LogP contribution >= 0.6 is 0 Å². The number of aryl methyl sites for hydroxylation is 2. The largest absolute Gasteiger partial charge is 0.496 e. The number of carbonyl (C=O) groups excluding carboxylic acids is 1. The highest BCUT2D eigenvalue weighted by Crippen LogP contribution is 2.19. The second-order valence-electron chi connectivity index (χ2n) is 6.58. The lowest BCUT2D eigenvalue weighted by Crippen LogP contribution is -2.12. The predicted octanol–water partition coefficient (Wildman–Crippen LogP) is 4.56. The highest BCUT2D eigenvalue weighted by Gasteiger charge is 2.06. The minimum Gasteiger partial charge on any atom is -0.496 e. The summed E-state index contributed by atoms with van der Waals surface area (Å²) in [6, 6.07) is 18.0. The number of benzene rings is 2. The number of methoxy groups -OCH3 is 1. The third-order valence-corrected chi connectivity index (χ3v) is 4.50. The molecule has 0 unspecified atom stereocenters. The summed E-state index contributed by atoms with van der Waals surface area (Å²) in [4.78, 5) is 16.3. The Balaban J connectivity index is 1.51. The molecule has 0 radical (unpaired) electrons. The number of nitrogens with zero attached hydrogens (tertiary/aromatic N) is 1. The Kier molecular flexibility index (Phi) is 6.21. The molecule has 138 valence electrons. The van der Waals surface area contributed by atoms with Crippen LogP contribution in [0.15, 0.2) is 67.0 Å². The van der Waals surface area contributed by atoms with Crippen molar-refractivity contribution < 1.29 is 9.53 Å². The van der Waals surface area contributed by atoms with Gasteiger partial charge < -0.3 is 10.1 Å². The monoisotopic (exact) mass is 360 g/mol. The summed E-state index contributed by atoms with van der Waals surface area (Å²) in [7, 11) is 1.66. The summed E-state index contributed by atoms with van der Waals surface area (Å²) in [5.41, 5.74) is 5.46. The number of hydrogen-bond donors (Lipinski definition) is 1. The zero-order chi connectivity index (χ0) is 19.1. The van der Waals surface area contributed by atoms with Crippen LogP contribution < -0.4 is 10.1 Å². The average Bonchev–Trinajstić information content (AvgIpc) is 2.69. The lowest BCUT2D eigenvalue weighted by Gasteiger charge is -2.09. The summed E-state index contributed by atoms with van der Waals surface area (Å²) >= 11 is 0. The number of anilines is 1. The van der Waals surface area contributed by atoms with Crippen LogP contribution in [0.25, 0.3) is 0 Å². The molecule has 0 aliphatic heterocycles. The minimum absolute atomic E-state index is 0.0188. The quantitative estimate of drug-likeness (QED) is 0.672. The van der Waals surface area contributed by atoms with E-state index in [1.807, 2.05) is 55.5 Å². The fourth-order valence-corrected chi connectivity index (χ4v) is 3.02. The highest BCUT2D eigenvalue weighted by atomic mass is 16.5. The summed E-state index contributed by atoms with van der Waals surface area (Å²) < 4.78 is 5.27. The second kappa shape index (κ2) is 8.99. The molecule has 3 aromatic rings. The normalized spacial score (nSPS) is 10.4. The summed E-state index contributed by atoms with van der Waals surface area (Å²) in [6.07, 6.45) is 5.61. The van der Waals surface area contributed by atoms with E-state index in [9.17, 15) is 4.79 Å². The van der Waals surface area contributed by atoms with E-state index >= 15 is 0 Å². The number of pyridine rings is 1. The molecule has 4 heteroatoms. The molecule has 0 fully saturated rings. The molecule has 4 nitrogen and oxygen atoms in total. The first-order valence-electron chi connectivity index (χ1n) is 9.05. The van der Waals surface area contributed by atoms with Crippen LogP contribution in [0.4, 0.5) is 5.69 Å². The van der Waals surface area contributed by atoms with E-state index in [2.05, 4.69) is 16.4 Å². The molecule has 1 heterocycles. The molecule has 0 bridgehead atoms. The lowest BCUT2D eigenvalue weighted by atomic mass is 10.1. The summed E-state index contributed by atoms with van der Waals surface area (Å²) in [5.74, 6) is 0.889. The zero-order valence-corrected chi connectivity index (χ0v) is 15.7. The molecule has 0 spiro atoms. The van der Waals surface area contributed by atoms with E-state index in [0.29, 0.717) is 12.8 Å². The molecule has 0 saturated carbocycles. The molecule has 2 aromatic carbocycles. The maximum Gasteiger partial charge on any atom is 0.224 e. The molecular weight excluding hydrogens is 336 g/mol. The molecule has 27 heavy (non-hydrogen) atoms. The molecule has 1 amide bonds. The van der Waals surface area contributed by atoms with Crippen molar-refractivity contribution in [1.82, 2.24) is 4.98 Å². The van der Waals surface area contributed by atoms with Crippen LogP contribution in [0.2, 0.25) is 0 Å². The van der Waals surface area contributed by atoms with E-state index in [0.717, 1.165) is 29.0 Å². The van der Waals surface area contributed by atoms with Crippen molar-refractivity contribution in [3.05, 3.63) is 89.2 Å². The van der Waals surface area contributed by atoms with Crippen molar-refractivity contribution in [2.45, 2.75) is 26.2 Å². The molecule has 0 saturated heterocycles. The average molecular weight is 360 g/mol. The number of hydrogen-bond acceptors (Lipinski definition) is 3. The van der Waals surface area contributed by atoms with Gasteiger partial charge in [-0.15, -0.1) is 0 Å². The second-order valence-corrected chi connectivity index (χ2v) is 6.58. The Hall–Kier alpha value is -3.14. The molecule has 1 N–H and O–H groups in total. The molecule has 0 aliphatic carbocycles. The third kappa shape index (κ3) is 5.42. The third-order valence-electron chi connectivity index (χ3n) is 4.50. The number of ether oxygens (including phenoxy) is 1. The molecule has 1 aromatic heterocycles. The van der Waals surface area contributed by atoms with Gasteiger partial charge in [0.2, 0.25) is 5.91 Å². The van der Waals surface area contributed by atoms with Crippen LogP contribution in [0.1, 0.15) is 28.7 Å². The van der Waals surface area contributed by atoms with Gasteiger partial charge in [0.15, 0.2) is 0 Å². The summed E-state index contributed by atoms with van der Waals surface area (Å²) in [5, 5.41) is 2.97. The SMILES string of the molecule is COc1ccc(CCC(=O)Nc2ccc(Cc3ccncc3)cc2)cc1C. The molecule has 3 rings (SSSR count). The summed E-state index contributed by atoms with van der Waals surface area (Å²) in [6.45, 7) is 2.01. The first-order valence-corrected chi connectivity index (χ1v) is 9.05. The standard InChI is InChI=1S/C23H24N2O2/c1-17-15-18(5-9-22(17)27-2)6-10-23(26)25-21-7-3-19(4-8-21)16-20-11-13-24-14-12-20/h3-5,7-9,11-15H,6,10,16H2,1-2H3,(H,25,26). The van der Waals surface area contributed by atoms with E-state index in [1.165, 1.54) is 11.1 Å². The number of rotatable bonds is 7. The minimum atomic E-state index is 0.0188. The van der Waals surface area contributed by atoms with Gasteiger partial charge in [-0.05, 0) is 72.4 Å². The van der Waals surface area contributed by atoms with Crippen LogP contribution in [0, 0.1) is 6.92 Å². The molecule has 0 atom stereocenters. The fourth-order valence-electron chi connectivity index (χ4n) is 3.02. The van der Waals surface area contributed by atoms with Gasteiger partial charge in [-0.25, -0.2) is 0 Å². The van der Waals surface area contributed by atoms with Crippen LogP contribution in [-0.2, 0) is 17.6 Å². The Morgan fingerprint density at radius 3 is 2.30 bits per heavy atom. The Bertz CT molecular complexity index is 890. The van der Waals surface area contributed by atoms with Crippen LogP contribution in [0.3, 0.4) is 0 Å². The number of carbonyl (C=O) groups is 1. The first-order chi connectivity index (χ1) is 13.1. The highest BCUT2D eigenvalue weighted by molar-refractivity contribution is 5.90. The molecule has 0 aliphatic rings. The van der Waals surface area contributed by atoms with Crippen molar-refractivity contribution in [3.8, 4) is 5.75 Å². The van der Waals surface area contributed by atoms with E-state index in [4.69, 9.17) is 4.74 Å². The van der Waals surface area contributed by atoms with Crippen LogP contribution in [-0.4, -0.2) is 18.0 Å². The van der Waals surface area contributed by atoms with E-state index in [-0.39, 0.29) is 5.91 Å². The van der Waals surface area contributed by atoms with Gasteiger partial charge in [-0.1, -0.05) is 24.3 Å². The number of aromatic nitrogens is 1. The fraction of sp³-hybridized carbons (Fsp3) is 0.217. The Morgan fingerprint density at radius 1 is 0.963 bits per heavy atom. The van der Waals surface area contributed by atoms with E-state index in [1.54, 1.807) is 19.5 Å². The smallest absolute Gasteiger partial charge is 0.224 e. The van der Waals surface area contributed by atoms with Crippen molar-refractivity contribution in [3.63, 3.8) is 0 Å². The van der Waals surface area contributed by atoms with Crippen LogP contribution in [0.5, 0.6) is 5.75 Å². The van der Waals surface area contributed by atoms with Gasteiger partial charge in [0, 0.05) is 24.5 Å².